The number of hydrogen-bond donors (Lipinski definition) is 3. The summed E-state index contributed by atoms with van der Waals surface area (Å²) in [5.41, 5.74) is 3.49. The van der Waals surface area contributed by atoms with Gasteiger partial charge < -0.3 is 24.8 Å². The summed E-state index contributed by atoms with van der Waals surface area (Å²) in [6, 6.07) is 14.3. The fourth-order valence-corrected chi connectivity index (χ4v) is 4.21. The highest BCUT2D eigenvalue weighted by molar-refractivity contribution is 9.10. The van der Waals surface area contributed by atoms with Crippen LogP contribution in [0.4, 0.5) is 11.4 Å². The van der Waals surface area contributed by atoms with Crippen molar-refractivity contribution in [1.82, 2.24) is 5.43 Å². The fourth-order valence-electron chi connectivity index (χ4n) is 3.11. The van der Waals surface area contributed by atoms with Gasteiger partial charge in [0.15, 0.2) is 18.1 Å². The summed E-state index contributed by atoms with van der Waals surface area (Å²) in [5.74, 6) is -1.17. The van der Waals surface area contributed by atoms with Crippen LogP contribution in [0, 0.1) is 0 Å². The van der Waals surface area contributed by atoms with E-state index in [0.29, 0.717) is 49.6 Å². The molecule has 3 aromatic rings. The maximum absolute atomic E-state index is 12.3. The number of nitrogens with zero attached hydrogens (tertiary/aromatic N) is 1. The molecule has 40 heavy (non-hydrogen) atoms. The maximum Gasteiger partial charge on any atom is 0.329 e. The first-order chi connectivity index (χ1) is 19.2. The van der Waals surface area contributed by atoms with E-state index in [1.807, 2.05) is 0 Å². The van der Waals surface area contributed by atoms with Crippen molar-refractivity contribution in [1.29, 1.82) is 0 Å². The molecule has 0 unspecified atom stereocenters. The second kappa shape index (κ2) is 14.9. The van der Waals surface area contributed by atoms with Crippen molar-refractivity contribution in [3.05, 3.63) is 87.3 Å². The Kier molecular flexibility index (Phi) is 11.4. The predicted octanol–water partition coefficient (Wildman–Crippen LogP) is 5.44. The highest BCUT2D eigenvalue weighted by Gasteiger charge is 2.15. The first kappa shape index (κ1) is 30.5. The summed E-state index contributed by atoms with van der Waals surface area (Å²) in [4.78, 5) is 36.6. The maximum atomic E-state index is 12.3. The number of nitrogens with one attached hydrogen (secondary N) is 3. The van der Waals surface area contributed by atoms with Crippen molar-refractivity contribution >= 4 is 74.4 Å². The topological polar surface area (TPSA) is 127 Å². The lowest BCUT2D eigenvalue weighted by molar-refractivity contribution is -0.136. The lowest BCUT2D eigenvalue weighted by Crippen LogP contribution is -2.32. The molecule has 3 amide bonds. The van der Waals surface area contributed by atoms with Crippen LogP contribution in [-0.2, 0) is 14.4 Å². The molecule has 10 nitrogen and oxygen atoms in total. The molecule has 0 spiro atoms. The van der Waals surface area contributed by atoms with E-state index >= 15 is 0 Å². The number of halogens is 3. The molecule has 0 radical (unpaired) electrons. The molecule has 0 fully saturated rings. The second-order valence-corrected chi connectivity index (χ2v) is 9.53. The number of rotatable bonds is 11. The average molecular weight is 650 g/mol. The van der Waals surface area contributed by atoms with Crippen LogP contribution in [0.5, 0.6) is 17.2 Å². The van der Waals surface area contributed by atoms with Crippen LogP contribution in [0.3, 0.4) is 0 Å². The van der Waals surface area contributed by atoms with E-state index in [0.717, 1.165) is 0 Å². The molecule has 3 rings (SSSR count). The number of amides is 3. The Bertz CT molecular complexity index is 1410. The molecule has 0 aliphatic rings. The van der Waals surface area contributed by atoms with Crippen molar-refractivity contribution in [2.45, 2.75) is 0 Å². The molecule has 0 saturated carbocycles. The zero-order valence-corrected chi connectivity index (χ0v) is 24.1. The van der Waals surface area contributed by atoms with Gasteiger partial charge in [0.25, 0.3) is 5.91 Å². The van der Waals surface area contributed by atoms with Crippen LogP contribution in [0.15, 0.2) is 76.8 Å². The van der Waals surface area contributed by atoms with Gasteiger partial charge in [0.2, 0.25) is 0 Å². The van der Waals surface area contributed by atoms with Gasteiger partial charge in [-0.05, 0) is 76.1 Å². The predicted molar refractivity (Wildman–Crippen MR) is 158 cm³/mol. The van der Waals surface area contributed by atoms with E-state index < -0.39 is 17.7 Å². The largest absolute Gasteiger partial charge is 0.493 e. The van der Waals surface area contributed by atoms with Gasteiger partial charge in [-0.3, -0.25) is 14.4 Å². The number of hydrazone groups is 1. The van der Waals surface area contributed by atoms with E-state index in [9.17, 15) is 14.4 Å². The average Bonchev–Trinajstić information content (AvgIpc) is 2.91. The van der Waals surface area contributed by atoms with Crippen molar-refractivity contribution < 1.29 is 28.6 Å². The van der Waals surface area contributed by atoms with Crippen molar-refractivity contribution in [3.63, 3.8) is 0 Å². The number of anilines is 2. The molecule has 0 aromatic heterocycles. The minimum Gasteiger partial charge on any atom is -0.493 e. The number of benzene rings is 3. The SMILES string of the molecule is C=CCOc1ccc(NC(=O)C(=O)N/N=C\c2cc(Br)c(OCC(=O)Nc3cc(Cl)cc(Cl)c3)c(OC)c2)cc1. The molecule has 208 valence electrons. The standard InChI is InChI=1S/C27H23BrCl2N4O6/c1-3-8-39-21-6-4-19(5-7-21)33-26(36)27(37)34-31-14-16-9-22(28)25(23(10-16)38-2)40-15-24(35)32-20-12-17(29)11-18(30)13-20/h3-7,9-14H,1,8,15H2,2H3,(H,32,35)(H,33,36)(H,34,37)/b31-14-. The molecule has 3 aromatic carbocycles. The highest BCUT2D eigenvalue weighted by Crippen LogP contribution is 2.36. The summed E-state index contributed by atoms with van der Waals surface area (Å²) >= 11 is 15.3. The normalized spacial score (nSPS) is 10.5. The second-order valence-electron chi connectivity index (χ2n) is 7.81. The van der Waals surface area contributed by atoms with Gasteiger partial charge in [-0.15, -0.1) is 0 Å². The van der Waals surface area contributed by atoms with Gasteiger partial charge in [-0.25, -0.2) is 5.43 Å². The third-order valence-corrected chi connectivity index (χ3v) is 5.84. The molecule has 0 saturated heterocycles. The van der Waals surface area contributed by atoms with Gasteiger partial charge in [0.1, 0.15) is 12.4 Å². The Labute approximate surface area is 248 Å². The zero-order valence-electron chi connectivity index (χ0n) is 21.0. The first-order valence-electron chi connectivity index (χ1n) is 11.4. The molecular formula is C27H23BrCl2N4O6. The molecule has 0 atom stereocenters. The monoisotopic (exact) mass is 648 g/mol. The summed E-state index contributed by atoms with van der Waals surface area (Å²) in [6.07, 6.45) is 2.92. The number of hydrogen-bond acceptors (Lipinski definition) is 7. The van der Waals surface area contributed by atoms with Crippen molar-refractivity contribution in [2.24, 2.45) is 5.10 Å². The third kappa shape index (κ3) is 9.30. The van der Waals surface area contributed by atoms with Crippen molar-refractivity contribution in [3.8, 4) is 17.2 Å². The zero-order chi connectivity index (χ0) is 29.1. The van der Waals surface area contributed by atoms with E-state index in [1.165, 1.54) is 13.3 Å². The minimum absolute atomic E-state index is 0.267. The lowest BCUT2D eigenvalue weighted by atomic mass is 10.2. The molecular weight excluding hydrogens is 627 g/mol. The van der Waals surface area contributed by atoms with E-state index in [1.54, 1.807) is 60.7 Å². The van der Waals surface area contributed by atoms with Crippen LogP contribution in [-0.4, -0.2) is 44.3 Å². The Balaban J connectivity index is 1.55. The number of carbonyl (C=O) groups excluding carboxylic acids is 3. The summed E-state index contributed by atoms with van der Waals surface area (Å²) in [6.45, 7) is 3.59. The molecule has 0 aliphatic carbocycles. The summed E-state index contributed by atoms with van der Waals surface area (Å²) < 4.78 is 16.8. The smallest absolute Gasteiger partial charge is 0.329 e. The molecule has 0 bridgehead atoms. The Morgan fingerprint density at radius 2 is 1.65 bits per heavy atom. The van der Waals surface area contributed by atoms with Crippen LogP contribution in [0.1, 0.15) is 5.56 Å². The molecule has 13 heteroatoms. The van der Waals surface area contributed by atoms with Crippen LogP contribution in [0.2, 0.25) is 10.0 Å². The Morgan fingerprint density at radius 1 is 0.950 bits per heavy atom. The lowest BCUT2D eigenvalue weighted by Gasteiger charge is -2.13. The number of carbonyl (C=O) groups is 3. The quantitative estimate of drug-likeness (QED) is 0.110. The van der Waals surface area contributed by atoms with Gasteiger partial charge in [0, 0.05) is 21.4 Å². The van der Waals surface area contributed by atoms with Gasteiger partial charge in [0.05, 0.1) is 17.8 Å². The van der Waals surface area contributed by atoms with Crippen LogP contribution in [0.25, 0.3) is 0 Å². The van der Waals surface area contributed by atoms with Crippen LogP contribution >= 0.6 is 39.1 Å². The van der Waals surface area contributed by atoms with E-state index in [4.69, 9.17) is 37.4 Å². The number of methoxy groups -OCH3 is 1. The van der Waals surface area contributed by atoms with E-state index in [-0.39, 0.29) is 12.4 Å². The molecule has 0 aliphatic heterocycles. The Hall–Kier alpha value is -4.06. The van der Waals surface area contributed by atoms with Crippen molar-refractivity contribution in [2.75, 3.05) is 31.0 Å². The van der Waals surface area contributed by atoms with Gasteiger partial charge in [-0.2, -0.15) is 5.10 Å². The highest BCUT2D eigenvalue weighted by atomic mass is 79.9. The fraction of sp³-hybridized carbons (Fsp3) is 0.111. The van der Waals surface area contributed by atoms with Gasteiger partial charge in [-0.1, -0.05) is 35.9 Å². The minimum atomic E-state index is -0.971. The van der Waals surface area contributed by atoms with E-state index in [2.05, 4.69) is 43.7 Å². The third-order valence-electron chi connectivity index (χ3n) is 4.81. The first-order valence-corrected chi connectivity index (χ1v) is 13.0. The number of ether oxygens (including phenoxy) is 3. The summed E-state index contributed by atoms with van der Waals surface area (Å²) in [7, 11) is 1.42. The molecule has 3 N–H and O–H groups in total. The Morgan fingerprint density at radius 3 is 2.30 bits per heavy atom. The molecule has 0 heterocycles. The van der Waals surface area contributed by atoms with Gasteiger partial charge >= 0.3 is 11.8 Å². The van der Waals surface area contributed by atoms with Crippen LogP contribution < -0.4 is 30.3 Å². The summed E-state index contributed by atoms with van der Waals surface area (Å²) in [5, 5.41) is 9.68.